The first-order valence-electron chi connectivity index (χ1n) is 14.0. The molecule has 0 aromatic rings. The fourth-order valence-electron chi connectivity index (χ4n) is 4.50. The number of rotatable bonds is 14. The first kappa shape index (κ1) is 35.3. The number of ether oxygens (including phenoxy) is 6. The Morgan fingerprint density at radius 3 is 1.80 bits per heavy atom. The van der Waals surface area contributed by atoms with Crippen LogP contribution in [0, 0.1) is 17.8 Å². The van der Waals surface area contributed by atoms with Crippen LogP contribution in [0.15, 0.2) is 0 Å². The molecule has 2 heterocycles. The number of aliphatic hydroxyl groups excluding tert-OH is 5. The molecule has 0 saturated carbocycles. The van der Waals surface area contributed by atoms with Gasteiger partial charge in [-0.1, -0.05) is 41.5 Å². The fourth-order valence-corrected chi connectivity index (χ4v) is 4.50. The molecule has 2 saturated heterocycles. The fraction of sp³-hybridized carbons (Fsp3) is 0.889. The van der Waals surface area contributed by atoms with Crippen LogP contribution in [0.5, 0.6) is 0 Å². The van der Waals surface area contributed by atoms with Crippen molar-refractivity contribution >= 4 is 17.9 Å². The van der Waals surface area contributed by atoms with Crippen molar-refractivity contribution < 1.29 is 68.3 Å². The molecule has 0 aliphatic carbocycles. The molecule has 0 amide bonds. The summed E-state index contributed by atoms with van der Waals surface area (Å²) in [5.74, 6) is -4.53. The predicted octanol–water partition coefficient (Wildman–Crippen LogP) is -0.605. The third-order valence-corrected chi connectivity index (χ3v) is 6.49. The molecule has 2 fully saturated rings. The Morgan fingerprint density at radius 2 is 1.29 bits per heavy atom. The molecule has 0 aromatic heterocycles. The molecule has 9 unspecified atom stereocenters. The van der Waals surface area contributed by atoms with Gasteiger partial charge in [-0.05, 0) is 17.8 Å². The minimum Gasteiger partial charge on any atom is -0.463 e. The molecular weight excluding hydrogens is 548 g/mol. The Labute approximate surface area is 239 Å². The summed E-state index contributed by atoms with van der Waals surface area (Å²) in [6.07, 6.45) is -12.9. The van der Waals surface area contributed by atoms with Gasteiger partial charge in [0.1, 0.15) is 43.7 Å². The zero-order valence-corrected chi connectivity index (χ0v) is 24.5. The summed E-state index contributed by atoms with van der Waals surface area (Å²) in [4.78, 5) is 37.3. The second-order valence-corrected chi connectivity index (χ2v) is 11.8. The summed E-state index contributed by atoms with van der Waals surface area (Å²) >= 11 is 0. The highest BCUT2D eigenvalue weighted by atomic mass is 16.8. The maximum Gasteiger partial charge on any atom is 0.306 e. The first-order chi connectivity index (χ1) is 19.1. The van der Waals surface area contributed by atoms with E-state index in [9.17, 15) is 39.9 Å². The van der Waals surface area contributed by atoms with Crippen molar-refractivity contribution in [3.05, 3.63) is 0 Å². The zero-order valence-electron chi connectivity index (χ0n) is 24.5. The van der Waals surface area contributed by atoms with Crippen molar-refractivity contribution in [2.75, 3.05) is 19.8 Å². The van der Waals surface area contributed by atoms with Crippen molar-refractivity contribution in [3.8, 4) is 0 Å². The third-order valence-electron chi connectivity index (χ3n) is 6.49. The number of esters is 3. The number of hydrogen-bond acceptors (Lipinski definition) is 14. The summed E-state index contributed by atoms with van der Waals surface area (Å²) in [6, 6.07) is 0. The molecule has 41 heavy (non-hydrogen) atoms. The van der Waals surface area contributed by atoms with Crippen LogP contribution >= 0.6 is 0 Å². The van der Waals surface area contributed by atoms with Crippen molar-refractivity contribution in [2.24, 2.45) is 17.8 Å². The molecule has 2 aliphatic rings. The Bertz CT molecular complexity index is 863. The largest absolute Gasteiger partial charge is 0.463 e. The molecule has 238 valence electrons. The van der Waals surface area contributed by atoms with Gasteiger partial charge in [-0.15, -0.1) is 0 Å². The van der Waals surface area contributed by atoms with Crippen LogP contribution in [0.4, 0.5) is 0 Å². The monoisotopic (exact) mass is 594 g/mol. The molecule has 0 aromatic carbocycles. The minimum absolute atomic E-state index is 0.0000313. The average Bonchev–Trinajstić information content (AvgIpc) is 3.14. The molecular formula is C27H46O14. The van der Waals surface area contributed by atoms with Crippen LogP contribution in [0.25, 0.3) is 0 Å². The van der Waals surface area contributed by atoms with Crippen LogP contribution in [-0.2, 0) is 42.8 Å². The van der Waals surface area contributed by atoms with Gasteiger partial charge in [0.15, 0.2) is 18.5 Å². The van der Waals surface area contributed by atoms with Gasteiger partial charge in [0.05, 0.1) is 6.61 Å². The van der Waals surface area contributed by atoms with E-state index in [1.807, 2.05) is 13.8 Å². The van der Waals surface area contributed by atoms with Gasteiger partial charge in [-0.2, -0.15) is 0 Å². The summed E-state index contributed by atoms with van der Waals surface area (Å²) in [6.45, 7) is 8.48. The Kier molecular flexibility index (Phi) is 13.4. The quantitative estimate of drug-likeness (QED) is 0.126. The highest BCUT2D eigenvalue weighted by Gasteiger charge is 2.62. The molecule has 0 bridgehead atoms. The van der Waals surface area contributed by atoms with Gasteiger partial charge in [0.2, 0.25) is 5.79 Å². The van der Waals surface area contributed by atoms with Crippen molar-refractivity contribution in [2.45, 2.75) is 116 Å². The molecule has 0 radical (unpaired) electrons. The molecule has 14 nitrogen and oxygen atoms in total. The van der Waals surface area contributed by atoms with Gasteiger partial charge in [-0.25, -0.2) is 0 Å². The number of carbonyl (C=O) groups is 3. The van der Waals surface area contributed by atoms with Crippen molar-refractivity contribution in [1.82, 2.24) is 0 Å². The van der Waals surface area contributed by atoms with Crippen molar-refractivity contribution in [3.63, 3.8) is 0 Å². The number of aliphatic hydroxyl groups is 5. The molecule has 0 spiro atoms. The predicted molar refractivity (Wildman–Crippen MR) is 139 cm³/mol. The van der Waals surface area contributed by atoms with E-state index >= 15 is 0 Å². The summed E-state index contributed by atoms with van der Waals surface area (Å²) < 4.78 is 33.5. The SMILES string of the molecule is CC(C)CC(=O)OCC1OC(OC2(CO)OC(CO)C(OC(=O)CC(C)C)C2OC(=O)CC(C)C)C(O)C(O)C1O. The molecule has 5 N–H and O–H groups in total. The third kappa shape index (κ3) is 9.55. The maximum atomic E-state index is 12.7. The van der Waals surface area contributed by atoms with E-state index in [0.29, 0.717) is 0 Å². The second kappa shape index (κ2) is 15.5. The average molecular weight is 595 g/mol. The van der Waals surface area contributed by atoms with Crippen LogP contribution in [0.1, 0.15) is 60.8 Å². The zero-order chi connectivity index (χ0) is 31.1. The Balaban J connectivity index is 2.36. The van der Waals surface area contributed by atoms with E-state index in [1.54, 1.807) is 27.7 Å². The minimum atomic E-state index is -2.34. The summed E-state index contributed by atoms with van der Waals surface area (Å²) in [7, 11) is 0. The first-order valence-corrected chi connectivity index (χ1v) is 14.0. The van der Waals surface area contributed by atoms with Gasteiger partial charge in [-0.3, -0.25) is 14.4 Å². The lowest BCUT2D eigenvalue weighted by Crippen LogP contribution is -2.63. The molecule has 14 heteroatoms. The van der Waals surface area contributed by atoms with Gasteiger partial charge in [0.25, 0.3) is 0 Å². The normalized spacial score (nSPS) is 33.8. The Morgan fingerprint density at radius 1 is 0.756 bits per heavy atom. The number of hydrogen-bond donors (Lipinski definition) is 5. The van der Waals surface area contributed by atoms with Crippen LogP contribution in [0.2, 0.25) is 0 Å². The smallest absolute Gasteiger partial charge is 0.306 e. The van der Waals surface area contributed by atoms with Gasteiger partial charge >= 0.3 is 17.9 Å². The standard InChI is InChI=1S/C27H46O14/c1-13(2)7-18(30)36-11-17-21(33)22(34)23(35)26(37-17)41-27(12-29)25(39-20(32)9-15(5)6)24(16(10-28)40-27)38-19(31)8-14(3)4/h13-17,21-26,28-29,33-35H,7-12H2,1-6H3. The highest BCUT2D eigenvalue weighted by Crippen LogP contribution is 2.39. The number of carbonyl (C=O) groups excluding carboxylic acids is 3. The topological polar surface area (TPSA) is 208 Å². The van der Waals surface area contributed by atoms with Gasteiger partial charge < -0.3 is 54.0 Å². The lowest BCUT2D eigenvalue weighted by atomic mass is 9.98. The van der Waals surface area contributed by atoms with Crippen LogP contribution in [-0.4, -0.2) is 118 Å². The molecule has 2 rings (SSSR count). The van der Waals surface area contributed by atoms with Crippen LogP contribution < -0.4 is 0 Å². The Hall–Kier alpha value is -1.91. The van der Waals surface area contributed by atoms with E-state index in [4.69, 9.17) is 28.4 Å². The highest BCUT2D eigenvalue weighted by molar-refractivity contribution is 5.71. The lowest BCUT2D eigenvalue weighted by molar-refractivity contribution is -0.384. The maximum absolute atomic E-state index is 12.7. The van der Waals surface area contributed by atoms with Crippen LogP contribution in [0.3, 0.4) is 0 Å². The summed E-state index contributed by atoms with van der Waals surface area (Å²) in [5, 5.41) is 52.1. The molecule has 9 atom stereocenters. The lowest BCUT2D eigenvalue weighted by Gasteiger charge is -2.43. The van der Waals surface area contributed by atoms with Gasteiger partial charge in [0, 0.05) is 19.3 Å². The van der Waals surface area contributed by atoms with E-state index in [-0.39, 0.29) is 37.0 Å². The van der Waals surface area contributed by atoms with E-state index in [0.717, 1.165) is 0 Å². The van der Waals surface area contributed by atoms with Crippen molar-refractivity contribution in [1.29, 1.82) is 0 Å². The van der Waals surface area contributed by atoms with E-state index in [2.05, 4.69) is 0 Å². The second-order valence-electron chi connectivity index (χ2n) is 11.8. The van der Waals surface area contributed by atoms with E-state index in [1.165, 1.54) is 0 Å². The van der Waals surface area contributed by atoms with E-state index < -0.39 is 92.5 Å². The summed E-state index contributed by atoms with van der Waals surface area (Å²) in [5.41, 5.74) is 0. The molecule has 2 aliphatic heterocycles.